The van der Waals surface area contributed by atoms with E-state index in [-0.39, 0.29) is 6.61 Å². The molecule has 2 unspecified atom stereocenters. The molecule has 1 fully saturated rings. The highest BCUT2D eigenvalue weighted by atomic mass is 16.6. The summed E-state index contributed by atoms with van der Waals surface area (Å²) in [4.78, 5) is 10.3. The monoisotopic (exact) mass is 132 g/mol. The number of carbonyl (C=O) groups excluding carboxylic acids is 1. The van der Waals surface area contributed by atoms with Crippen molar-refractivity contribution < 1.29 is 14.6 Å². The molecule has 0 radical (unpaired) electrons. The molecule has 0 spiro atoms. The summed E-state index contributed by atoms with van der Waals surface area (Å²) in [5, 5.41) is 11.0. The molecule has 0 aromatic rings. The molecular weight excluding hydrogens is 124 g/mol. The summed E-state index contributed by atoms with van der Waals surface area (Å²) in [7, 11) is 0. The van der Waals surface area contributed by atoms with E-state index in [4.69, 9.17) is 10.8 Å². The lowest BCUT2D eigenvalue weighted by atomic mass is 10.3. The summed E-state index contributed by atoms with van der Waals surface area (Å²) >= 11 is 0. The molecule has 1 saturated heterocycles. The highest BCUT2D eigenvalue weighted by Crippen LogP contribution is 1.97. The van der Waals surface area contributed by atoms with E-state index in [1.54, 1.807) is 0 Å². The van der Waals surface area contributed by atoms with Gasteiger partial charge in [-0.05, 0) is 0 Å². The average molecular weight is 132 g/mol. The van der Waals surface area contributed by atoms with Gasteiger partial charge < -0.3 is 15.6 Å². The first-order chi connectivity index (χ1) is 4.20. The number of rotatable bonds is 1. The molecule has 9 heavy (non-hydrogen) atoms. The lowest BCUT2D eigenvalue weighted by Gasteiger charge is -2.01. The quantitative estimate of drug-likeness (QED) is 0.376. The minimum absolute atomic E-state index is 0.149. The Morgan fingerprint density at radius 3 is 2.78 bits per heavy atom. The van der Waals surface area contributed by atoms with Crippen LogP contribution in [0.15, 0.2) is 0 Å². The number of primary amides is 1. The second kappa shape index (κ2) is 2.30. The highest BCUT2D eigenvalue weighted by molar-refractivity contribution is 5.80. The van der Waals surface area contributed by atoms with Crippen LogP contribution in [-0.4, -0.2) is 30.1 Å². The van der Waals surface area contributed by atoms with Gasteiger partial charge in [0.25, 0.3) is 0 Å². The molecule has 0 bridgehead atoms. The Morgan fingerprint density at radius 2 is 2.56 bits per heavy atom. The Labute approximate surface area is 51.8 Å². The first kappa shape index (κ1) is 6.47. The molecule has 1 aliphatic rings. The van der Waals surface area contributed by atoms with Gasteiger partial charge in [0.1, 0.15) is 6.04 Å². The standard InChI is InChI=1S/C4H8N2O3/c5-3(7)2-1-9-4(8)6-2/h2,4,6,8H,1H2,(H2,5,7). The molecule has 5 heteroatoms. The first-order valence-corrected chi connectivity index (χ1v) is 2.55. The van der Waals surface area contributed by atoms with Gasteiger partial charge in [0.05, 0.1) is 6.61 Å². The van der Waals surface area contributed by atoms with Crippen molar-refractivity contribution in [3.63, 3.8) is 0 Å². The number of hydrogen-bond donors (Lipinski definition) is 3. The predicted molar refractivity (Wildman–Crippen MR) is 28.1 cm³/mol. The average Bonchev–Trinajstić information content (AvgIpc) is 2.14. The lowest BCUT2D eigenvalue weighted by Crippen LogP contribution is -2.40. The van der Waals surface area contributed by atoms with Crippen molar-refractivity contribution in [3.8, 4) is 0 Å². The number of amides is 1. The first-order valence-electron chi connectivity index (χ1n) is 2.55. The van der Waals surface area contributed by atoms with Gasteiger partial charge in [-0.25, -0.2) is 0 Å². The maximum absolute atomic E-state index is 10.3. The van der Waals surface area contributed by atoms with Gasteiger partial charge in [-0.15, -0.1) is 0 Å². The van der Waals surface area contributed by atoms with Crippen LogP contribution in [0, 0.1) is 0 Å². The van der Waals surface area contributed by atoms with Crippen LogP contribution in [0.2, 0.25) is 0 Å². The Balaban J connectivity index is 2.39. The van der Waals surface area contributed by atoms with E-state index in [1.807, 2.05) is 0 Å². The Bertz CT molecular complexity index is 127. The molecule has 52 valence electrons. The van der Waals surface area contributed by atoms with Crippen LogP contribution in [-0.2, 0) is 9.53 Å². The van der Waals surface area contributed by atoms with Crippen LogP contribution >= 0.6 is 0 Å². The van der Waals surface area contributed by atoms with Crippen LogP contribution < -0.4 is 11.1 Å². The number of nitrogens with one attached hydrogen (secondary N) is 1. The van der Waals surface area contributed by atoms with Gasteiger partial charge in [-0.2, -0.15) is 0 Å². The topological polar surface area (TPSA) is 84.6 Å². The largest absolute Gasteiger partial charge is 0.368 e. The number of nitrogens with two attached hydrogens (primary N) is 1. The Kier molecular flexibility index (Phi) is 1.65. The summed E-state index contributed by atoms with van der Waals surface area (Å²) < 4.78 is 4.57. The lowest BCUT2D eigenvalue weighted by molar-refractivity contribution is -0.119. The van der Waals surface area contributed by atoms with E-state index in [1.165, 1.54) is 0 Å². The molecule has 0 aromatic carbocycles. The smallest absolute Gasteiger partial charge is 0.237 e. The van der Waals surface area contributed by atoms with Crippen molar-refractivity contribution in [2.45, 2.75) is 12.5 Å². The molecule has 2 atom stereocenters. The molecule has 0 saturated carbocycles. The fourth-order valence-corrected chi connectivity index (χ4v) is 0.620. The normalized spacial score (nSPS) is 34.8. The molecule has 1 rings (SSSR count). The van der Waals surface area contributed by atoms with Crippen molar-refractivity contribution in [2.24, 2.45) is 5.73 Å². The third-order valence-corrected chi connectivity index (χ3v) is 1.11. The van der Waals surface area contributed by atoms with Crippen molar-refractivity contribution in [3.05, 3.63) is 0 Å². The molecule has 5 nitrogen and oxygen atoms in total. The highest BCUT2D eigenvalue weighted by Gasteiger charge is 2.26. The third-order valence-electron chi connectivity index (χ3n) is 1.11. The fourth-order valence-electron chi connectivity index (χ4n) is 0.620. The predicted octanol–water partition coefficient (Wildman–Crippen LogP) is -2.26. The van der Waals surface area contributed by atoms with E-state index in [0.717, 1.165) is 0 Å². The van der Waals surface area contributed by atoms with Gasteiger partial charge in [0, 0.05) is 0 Å². The summed E-state index contributed by atoms with van der Waals surface area (Å²) in [5.74, 6) is -0.508. The van der Waals surface area contributed by atoms with E-state index in [9.17, 15) is 4.79 Å². The number of aliphatic hydroxyl groups is 1. The van der Waals surface area contributed by atoms with Gasteiger partial charge >= 0.3 is 0 Å². The van der Waals surface area contributed by atoms with E-state index in [2.05, 4.69) is 10.1 Å². The fraction of sp³-hybridized carbons (Fsp3) is 0.750. The van der Waals surface area contributed by atoms with E-state index in [0.29, 0.717) is 0 Å². The van der Waals surface area contributed by atoms with Crippen LogP contribution in [0.1, 0.15) is 0 Å². The van der Waals surface area contributed by atoms with E-state index >= 15 is 0 Å². The van der Waals surface area contributed by atoms with Crippen molar-refractivity contribution in [2.75, 3.05) is 6.61 Å². The van der Waals surface area contributed by atoms with Crippen molar-refractivity contribution in [1.82, 2.24) is 5.32 Å². The zero-order valence-corrected chi connectivity index (χ0v) is 4.70. The number of ether oxygens (including phenoxy) is 1. The van der Waals surface area contributed by atoms with Gasteiger partial charge in [-0.3, -0.25) is 10.1 Å². The van der Waals surface area contributed by atoms with Crippen LogP contribution in [0.5, 0.6) is 0 Å². The summed E-state index contributed by atoms with van der Waals surface area (Å²) in [5.41, 5.74) is 4.87. The van der Waals surface area contributed by atoms with Crippen molar-refractivity contribution in [1.29, 1.82) is 0 Å². The Hall–Kier alpha value is -0.650. The van der Waals surface area contributed by atoms with Gasteiger partial charge in [0.15, 0.2) is 0 Å². The summed E-state index contributed by atoms with van der Waals surface area (Å²) in [6.07, 6.45) is -1.04. The minimum atomic E-state index is -1.04. The second-order valence-corrected chi connectivity index (χ2v) is 1.81. The molecular formula is C4H8N2O3. The zero-order valence-electron chi connectivity index (χ0n) is 4.70. The van der Waals surface area contributed by atoms with Gasteiger partial charge in [-0.1, -0.05) is 0 Å². The molecule has 4 N–H and O–H groups in total. The minimum Gasteiger partial charge on any atom is -0.368 e. The van der Waals surface area contributed by atoms with Gasteiger partial charge in [0.2, 0.25) is 12.3 Å². The molecule has 1 aliphatic heterocycles. The summed E-state index contributed by atoms with van der Waals surface area (Å²) in [6, 6.07) is -0.542. The molecule has 0 aromatic heterocycles. The van der Waals surface area contributed by atoms with Crippen LogP contribution in [0.3, 0.4) is 0 Å². The van der Waals surface area contributed by atoms with Crippen LogP contribution in [0.25, 0.3) is 0 Å². The maximum Gasteiger partial charge on any atom is 0.237 e. The molecule has 0 aliphatic carbocycles. The number of aliphatic hydroxyl groups excluding tert-OH is 1. The van der Waals surface area contributed by atoms with E-state index < -0.39 is 18.4 Å². The molecule has 1 amide bonds. The van der Waals surface area contributed by atoms with Crippen LogP contribution in [0.4, 0.5) is 0 Å². The second-order valence-electron chi connectivity index (χ2n) is 1.81. The summed E-state index contributed by atoms with van der Waals surface area (Å²) in [6.45, 7) is 0.149. The number of carbonyl (C=O) groups is 1. The third kappa shape index (κ3) is 1.38. The van der Waals surface area contributed by atoms with Crippen molar-refractivity contribution >= 4 is 5.91 Å². The number of hydrogen-bond acceptors (Lipinski definition) is 4. The SMILES string of the molecule is NC(=O)C1COC(O)N1. The Morgan fingerprint density at radius 1 is 1.89 bits per heavy atom. The maximum atomic E-state index is 10.3. The molecule has 1 heterocycles. The zero-order chi connectivity index (χ0) is 6.85.